The molecule has 0 aromatic rings. The smallest absolute Gasteiger partial charge is 0.223 e. The molecule has 0 aromatic carbocycles. The number of hydrogen-bond donors (Lipinski definition) is 1. The maximum Gasteiger partial charge on any atom is 0.223 e. The van der Waals surface area contributed by atoms with Gasteiger partial charge in [-0.25, -0.2) is 0 Å². The van der Waals surface area contributed by atoms with E-state index < -0.39 is 0 Å². The Hall–Kier alpha value is 0.170. The zero-order valence-electron chi connectivity index (χ0n) is 9.07. The molecule has 2 aliphatic rings. The van der Waals surface area contributed by atoms with Crippen LogP contribution in [0.1, 0.15) is 25.7 Å². The Morgan fingerprint density at radius 2 is 2.13 bits per heavy atom. The van der Waals surface area contributed by atoms with Crippen LogP contribution in [0.5, 0.6) is 0 Å². The van der Waals surface area contributed by atoms with Crippen LogP contribution in [0.15, 0.2) is 0 Å². The van der Waals surface area contributed by atoms with Crippen molar-refractivity contribution in [2.24, 2.45) is 5.41 Å². The largest absolute Gasteiger partial charge is 0.342 e. The van der Waals surface area contributed by atoms with Gasteiger partial charge in [-0.05, 0) is 36.2 Å². The maximum absolute atomic E-state index is 12.0. The molecule has 15 heavy (non-hydrogen) atoms. The van der Waals surface area contributed by atoms with Gasteiger partial charge in [0.25, 0.3) is 0 Å². The molecule has 0 radical (unpaired) electrons. The zero-order chi connectivity index (χ0) is 10.7. The number of carbonyl (C=O) groups excluding carboxylic acids is 1. The number of amides is 1. The van der Waals surface area contributed by atoms with Crippen molar-refractivity contribution in [1.82, 2.24) is 4.90 Å². The Morgan fingerprint density at radius 3 is 2.80 bits per heavy atom. The SMILES string of the molecule is O=C(CC1(CS)CC1)N1CCCSCC1. The molecule has 1 saturated carbocycles. The molecule has 0 spiro atoms. The molecule has 0 aromatic heterocycles. The Bertz CT molecular complexity index is 233. The molecule has 1 aliphatic heterocycles. The van der Waals surface area contributed by atoms with Crippen molar-refractivity contribution in [3.8, 4) is 0 Å². The van der Waals surface area contributed by atoms with Gasteiger partial charge >= 0.3 is 0 Å². The average Bonchev–Trinajstić information content (AvgIpc) is 3.00. The van der Waals surface area contributed by atoms with Gasteiger partial charge in [0.05, 0.1) is 0 Å². The summed E-state index contributed by atoms with van der Waals surface area (Å²) >= 11 is 6.32. The van der Waals surface area contributed by atoms with Crippen LogP contribution in [0.3, 0.4) is 0 Å². The van der Waals surface area contributed by atoms with Crippen molar-refractivity contribution in [1.29, 1.82) is 0 Å². The summed E-state index contributed by atoms with van der Waals surface area (Å²) in [6.07, 6.45) is 4.29. The molecular weight excluding hydrogens is 226 g/mol. The molecule has 0 atom stereocenters. The van der Waals surface area contributed by atoms with Crippen LogP contribution in [-0.2, 0) is 4.79 Å². The standard InChI is InChI=1S/C11H19NOS2/c13-10(8-11(9-14)2-3-11)12-4-1-6-15-7-5-12/h14H,1-9H2. The average molecular weight is 245 g/mol. The Labute approximate surface area is 102 Å². The number of nitrogens with zero attached hydrogens (tertiary/aromatic N) is 1. The number of rotatable bonds is 3. The summed E-state index contributed by atoms with van der Waals surface area (Å²) in [5.74, 6) is 3.56. The molecule has 2 fully saturated rings. The predicted molar refractivity (Wildman–Crippen MR) is 68.7 cm³/mol. The van der Waals surface area contributed by atoms with E-state index in [9.17, 15) is 4.79 Å². The molecular formula is C11H19NOS2. The van der Waals surface area contributed by atoms with Crippen LogP contribution in [0.25, 0.3) is 0 Å². The van der Waals surface area contributed by atoms with Crippen LogP contribution in [0.2, 0.25) is 0 Å². The lowest BCUT2D eigenvalue weighted by atomic mass is 10.0. The summed E-state index contributed by atoms with van der Waals surface area (Å²) in [6.45, 7) is 1.92. The summed E-state index contributed by atoms with van der Waals surface area (Å²) in [6, 6.07) is 0. The number of hydrogen-bond acceptors (Lipinski definition) is 3. The minimum absolute atomic E-state index is 0.277. The van der Waals surface area contributed by atoms with Gasteiger partial charge in [-0.1, -0.05) is 0 Å². The van der Waals surface area contributed by atoms with E-state index in [1.807, 2.05) is 11.8 Å². The minimum atomic E-state index is 0.277. The lowest BCUT2D eigenvalue weighted by Crippen LogP contribution is -2.34. The topological polar surface area (TPSA) is 20.3 Å². The second-order valence-corrected chi connectivity index (χ2v) is 6.22. The normalized spacial score (nSPS) is 24.7. The van der Waals surface area contributed by atoms with E-state index in [1.165, 1.54) is 18.6 Å². The van der Waals surface area contributed by atoms with Gasteiger partial charge in [0.15, 0.2) is 0 Å². The Balaban J connectivity index is 1.83. The zero-order valence-corrected chi connectivity index (χ0v) is 10.8. The third-order valence-corrected chi connectivity index (χ3v) is 5.11. The first kappa shape index (κ1) is 11.6. The van der Waals surface area contributed by atoms with Crippen molar-refractivity contribution in [3.63, 3.8) is 0 Å². The minimum Gasteiger partial charge on any atom is -0.342 e. The highest BCUT2D eigenvalue weighted by atomic mass is 32.2. The van der Waals surface area contributed by atoms with E-state index in [0.29, 0.717) is 5.91 Å². The van der Waals surface area contributed by atoms with E-state index in [0.717, 1.165) is 37.4 Å². The number of carbonyl (C=O) groups is 1. The molecule has 0 bridgehead atoms. The molecule has 1 amide bonds. The summed E-state index contributed by atoms with van der Waals surface area (Å²) in [7, 11) is 0. The van der Waals surface area contributed by atoms with Gasteiger partial charge in [0.2, 0.25) is 5.91 Å². The molecule has 86 valence electrons. The summed E-state index contributed by atoms with van der Waals surface area (Å²) < 4.78 is 0. The van der Waals surface area contributed by atoms with E-state index >= 15 is 0 Å². The molecule has 0 unspecified atom stereocenters. The molecule has 2 nitrogen and oxygen atoms in total. The molecule has 2 rings (SSSR count). The fraction of sp³-hybridized carbons (Fsp3) is 0.909. The third kappa shape index (κ3) is 3.06. The first-order valence-electron chi connectivity index (χ1n) is 5.72. The summed E-state index contributed by atoms with van der Waals surface area (Å²) in [5.41, 5.74) is 0.277. The van der Waals surface area contributed by atoms with Crippen LogP contribution in [0.4, 0.5) is 0 Å². The van der Waals surface area contributed by atoms with Gasteiger partial charge in [0.1, 0.15) is 0 Å². The Kier molecular flexibility index (Phi) is 3.88. The molecule has 4 heteroatoms. The molecule has 1 aliphatic carbocycles. The maximum atomic E-state index is 12.0. The highest BCUT2D eigenvalue weighted by Crippen LogP contribution is 2.49. The van der Waals surface area contributed by atoms with Crippen LogP contribution in [-0.4, -0.2) is 41.2 Å². The molecule has 1 saturated heterocycles. The fourth-order valence-corrected chi connectivity index (χ4v) is 3.31. The monoisotopic (exact) mass is 245 g/mol. The first-order chi connectivity index (χ1) is 7.26. The molecule has 1 heterocycles. The lowest BCUT2D eigenvalue weighted by Gasteiger charge is -2.22. The first-order valence-corrected chi connectivity index (χ1v) is 7.51. The van der Waals surface area contributed by atoms with Crippen molar-refractivity contribution in [3.05, 3.63) is 0 Å². The van der Waals surface area contributed by atoms with E-state index in [4.69, 9.17) is 0 Å². The van der Waals surface area contributed by atoms with Crippen molar-refractivity contribution in [2.75, 3.05) is 30.3 Å². The van der Waals surface area contributed by atoms with Gasteiger partial charge < -0.3 is 4.90 Å². The summed E-state index contributed by atoms with van der Waals surface area (Å²) in [5, 5.41) is 0. The van der Waals surface area contributed by atoms with Crippen molar-refractivity contribution < 1.29 is 4.79 Å². The van der Waals surface area contributed by atoms with Crippen LogP contribution < -0.4 is 0 Å². The number of thioether (sulfide) groups is 1. The third-order valence-electron chi connectivity index (χ3n) is 3.39. The predicted octanol–water partition coefficient (Wildman–Crippen LogP) is 2.05. The highest BCUT2D eigenvalue weighted by molar-refractivity contribution is 7.99. The van der Waals surface area contributed by atoms with E-state index in [-0.39, 0.29) is 5.41 Å². The van der Waals surface area contributed by atoms with E-state index in [1.54, 1.807) is 0 Å². The lowest BCUT2D eigenvalue weighted by molar-refractivity contribution is -0.132. The second kappa shape index (κ2) is 5.00. The summed E-state index contributed by atoms with van der Waals surface area (Å²) in [4.78, 5) is 14.1. The quantitative estimate of drug-likeness (QED) is 0.768. The van der Waals surface area contributed by atoms with Crippen LogP contribution in [0, 0.1) is 5.41 Å². The highest BCUT2D eigenvalue weighted by Gasteiger charge is 2.43. The second-order valence-electron chi connectivity index (χ2n) is 4.68. The van der Waals surface area contributed by atoms with E-state index in [2.05, 4.69) is 17.5 Å². The van der Waals surface area contributed by atoms with Crippen LogP contribution >= 0.6 is 24.4 Å². The van der Waals surface area contributed by atoms with Gasteiger partial charge in [-0.15, -0.1) is 0 Å². The van der Waals surface area contributed by atoms with Gasteiger partial charge in [0, 0.05) is 25.3 Å². The van der Waals surface area contributed by atoms with Crippen molar-refractivity contribution in [2.45, 2.75) is 25.7 Å². The van der Waals surface area contributed by atoms with Gasteiger partial charge in [-0.2, -0.15) is 24.4 Å². The van der Waals surface area contributed by atoms with Gasteiger partial charge in [-0.3, -0.25) is 4.79 Å². The number of thiol groups is 1. The fourth-order valence-electron chi connectivity index (χ4n) is 2.00. The Morgan fingerprint density at radius 1 is 1.33 bits per heavy atom. The molecule has 0 N–H and O–H groups in total. The van der Waals surface area contributed by atoms with Crippen molar-refractivity contribution >= 4 is 30.3 Å².